The van der Waals surface area contributed by atoms with Crippen LogP contribution in [0.1, 0.15) is 5.56 Å². The van der Waals surface area contributed by atoms with E-state index in [0.29, 0.717) is 0 Å². The van der Waals surface area contributed by atoms with Crippen LogP contribution in [0.15, 0.2) is 56.8 Å². The monoisotopic (exact) mass is 509 g/mol. The molecule has 5 nitrogen and oxygen atoms in total. The quantitative estimate of drug-likeness (QED) is 0.551. The normalized spacial score (nSPS) is 14.3. The fraction of sp³-hybridized carbons (Fsp3) is 0.176. The van der Waals surface area contributed by atoms with E-state index in [1.165, 1.54) is 29.3 Å². The van der Waals surface area contributed by atoms with Crippen molar-refractivity contribution in [3.05, 3.63) is 62.3 Å². The van der Waals surface area contributed by atoms with Crippen LogP contribution in [0.5, 0.6) is 0 Å². The molecule has 1 aromatic rings. The molecule has 1 heterocycles. The first-order chi connectivity index (χ1) is 12.6. The molecule has 0 fully saturated rings. The van der Waals surface area contributed by atoms with Gasteiger partial charge in [-0.15, -0.1) is 0 Å². The van der Waals surface area contributed by atoms with Crippen molar-refractivity contribution >= 4 is 49.5 Å². The SMILES string of the molecule is COC(=O)C1=C(C(=O)OC)N(c2c(Br)cc(C(F)(F)F)cc2Br)C=CC=C1. The van der Waals surface area contributed by atoms with Crippen LogP contribution in [-0.2, 0) is 25.2 Å². The number of hydrogen-bond donors (Lipinski definition) is 0. The number of carbonyl (C=O) groups is 2. The van der Waals surface area contributed by atoms with E-state index in [1.54, 1.807) is 0 Å². The number of methoxy groups -OCH3 is 2. The molecule has 0 aliphatic carbocycles. The van der Waals surface area contributed by atoms with Crippen molar-refractivity contribution in [2.75, 3.05) is 19.1 Å². The third-order valence-electron chi connectivity index (χ3n) is 3.47. The number of halogens is 5. The summed E-state index contributed by atoms with van der Waals surface area (Å²) in [5.41, 5.74) is -1.05. The van der Waals surface area contributed by atoms with Gasteiger partial charge in [0.15, 0.2) is 0 Å². The minimum atomic E-state index is -4.56. The van der Waals surface area contributed by atoms with Crippen molar-refractivity contribution in [2.24, 2.45) is 0 Å². The molecule has 0 spiro atoms. The molecule has 27 heavy (non-hydrogen) atoms. The van der Waals surface area contributed by atoms with Crippen molar-refractivity contribution in [2.45, 2.75) is 6.18 Å². The molecule has 0 bridgehead atoms. The number of alkyl halides is 3. The van der Waals surface area contributed by atoms with Gasteiger partial charge in [0.2, 0.25) is 0 Å². The first kappa shape index (κ1) is 21.2. The maximum absolute atomic E-state index is 13.0. The van der Waals surface area contributed by atoms with E-state index in [2.05, 4.69) is 31.9 Å². The molecule has 0 radical (unpaired) electrons. The summed E-state index contributed by atoms with van der Waals surface area (Å²) < 4.78 is 48.6. The number of anilines is 1. The molecular weight excluding hydrogens is 499 g/mol. The Balaban J connectivity index is 2.75. The van der Waals surface area contributed by atoms with Gasteiger partial charge >= 0.3 is 18.1 Å². The maximum atomic E-state index is 13.0. The van der Waals surface area contributed by atoms with Crippen LogP contribution >= 0.6 is 31.9 Å². The number of rotatable bonds is 3. The van der Waals surface area contributed by atoms with E-state index in [-0.39, 0.29) is 25.9 Å². The molecule has 144 valence electrons. The second-order valence-electron chi connectivity index (χ2n) is 5.10. The Morgan fingerprint density at radius 2 is 1.56 bits per heavy atom. The summed E-state index contributed by atoms with van der Waals surface area (Å²) in [5.74, 6) is -1.68. The van der Waals surface area contributed by atoms with E-state index in [0.717, 1.165) is 26.4 Å². The summed E-state index contributed by atoms with van der Waals surface area (Å²) in [7, 11) is 2.27. The minimum absolute atomic E-state index is 0.0429. The van der Waals surface area contributed by atoms with E-state index >= 15 is 0 Å². The van der Waals surface area contributed by atoms with Crippen LogP contribution < -0.4 is 4.90 Å². The molecule has 1 aliphatic heterocycles. The van der Waals surface area contributed by atoms with Crippen molar-refractivity contribution in [1.82, 2.24) is 0 Å². The maximum Gasteiger partial charge on any atom is 0.416 e. The van der Waals surface area contributed by atoms with Crippen LogP contribution in [0.25, 0.3) is 0 Å². The van der Waals surface area contributed by atoms with Gasteiger partial charge < -0.3 is 14.4 Å². The number of allylic oxidation sites excluding steroid dienone is 2. The van der Waals surface area contributed by atoms with Crippen molar-refractivity contribution in [3.8, 4) is 0 Å². The van der Waals surface area contributed by atoms with Gasteiger partial charge in [0.1, 0.15) is 5.70 Å². The molecule has 0 amide bonds. The lowest BCUT2D eigenvalue weighted by molar-refractivity contribution is -0.139. The molecule has 0 N–H and O–H groups in total. The van der Waals surface area contributed by atoms with Gasteiger partial charge in [-0.3, -0.25) is 0 Å². The molecule has 0 saturated carbocycles. The van der Waals surface area contributed by atoms with Crippen molar-refractivity contribution in [3.63, 3.8) is 0 Å². The number of esters is 2. The largest absolute Gasteiger partial charge is 0.465 e. The summed E-state index contributed by atoms with van der Waals surface area (Å²) in [6.07, 6.45) is 1.20. The zero-order chi connectivity index (χ0) is 20.4. The number of ether oxygens (including phenoxy) is 2. The smallest absolute Gasteiger partial charge is 0.416 e. The minimum Gasteiger partial charge on any atom is -0.465 e. The first-order valence-corrected chi connectivity index (χ1v) is 8.81. The molecule has 10 heteroatoms. The summed E-state index contributed by atoms with van der Waals surface area (Å²) in [6.45, 7) is 0. The van der Waals surface area contributed by atoms with Gasteiger partial charge in [0.05, 0.1) is 31.0 Å². The second kappa shape index (κ2) is 8.30. The zero-order valence-electron chi connectivity index (χ0n) is 13.9. The highest BCUT2D eigenvalue weighted by Gasteiger charge is 2.34. The third kappa shape index (κ3) is 4.44. The number of hydrogen-bond acceptors (Lipinski definition) is 5. The average Bonchev–Trinajstić information content (AvgIpc) is 2.82. The Bertz CT molecular complexity index is 852. The van der Waals surface area contributed by atoms with Gasteiger partial charge in [-0.1, -0.05) is 6.08 Å². The summed E-state index contributed by atoms with van der Waals surface area (Å²) in [5, 5.41) is 0. The van der Waals surface area contributed by atoms with E-state index < -0.39 is 23.7 Å². The number of carbonyl (C=O) groups excluding carboxylic acids is 2. The standard InChI is InChI=1S/C17H12Br2F3NO4/c1-26-15(24)10-5-3-4-6-23(13(10)16(25)27-2)14-11(18)7-9(8-12(14)19)17(20,21)22/h3-8H,1-2H3. The molecule has 0 saturated heterocycles. The Morgan fingerprint density at radius 1 is 1.00 bits per heavy atom. The van der Waals surface area contributed by atoms with E-state index in [9.17, 15) is 22.8 Å². The second-order valence-corrected chi connectivity index (χ2v) is 6.81. The van der Waals surface area contributed by atoms with Crippen molar-refractivity contribution < 1.29 is 32.2 Å². The lowest BCUT2D eigenvalue weighted by Gasteiger charge is -2.26. The predicted octanol–water partition coefficient (Wildman–Crippen LogP) is 4.72. The number of benzene rings is 1. The average molecular weight is 511 g/mol. The molecular formula is C17H12Br2F3NO4. The highest BCUT2D eigenvalue weighted by Crippen LogP contribution is 2.42. The van der Waals surface area contributed by atoms with E-state index in [1.807, 2.05) is 0 Å². The summed E-state index contributed by atoms with van der Waals surface area (Å²) in [6, 6.07) is 1.75. The van der Waals surface area contributed by atoms with Crippen LogP contribution in [0.4, 0.5) is 18.9 Å². The molecule has 1 aromatic carbocycles. The van der Waals surface area contributed by atoms with Gasteiger partial charge in [-0.2, -0.15) is 13.2 Å². The summed E-state index contributed by atoms with van der Waals surface area (Å²) in [4.78, 5) is 25.7. The van der Waals surface area contributed by atoms with Crippen LogP contribution in [0.2, 0.25) is 0 Å². The Labute approximate surface area is 169 Å². The highest BCUT2D eigenvalue weighted by atomic mass is 79.9. The molecule has 1 aliphatic rings. The van der Waals surface area contributed by atoms with Gasteiger partial charge in [0.25, 0.3) is 0 Å². The van der Waals surface area contributed by atoms with E-state index in [4.69, 9.17) is 9.47 Å². The molecule has 0 unspecified atom stereocenters. The fourth-order valence-electron chi connectivity index (χ4n) is 2.30. The zero-order valence-corrected chi connectivity index (χ0v) is 17.1. The fourth-order valence-corrected chi connectivity index (χ4v) is 3.86. The lowest BCUT2D eigenvalue weighted by atomic mass is 10.1. The predicted molar refractivity (Wildman–Crippen MR) is 98.7 cm³/mol. The lowest BCUT2D eigenvalue weighted by Crippen LogP contribution is -2.27. The van der Waals surface area contributed by atoms with Crippen LogP contribution in [0, 0.1) is 0 Å². The van der Waals surface area contributed by atoms with Gasteiger partial charge in [0, 0.05) is 15.1 Å². The first-order valence-electron chi connectivity index (χ1n) is 7.23. The Hall–Kier alpha value is -2.07. The number of nitrogens with zero attached hydrogens (tertiary/aromatic N) is 1. The molecule has 0 atom stereocenters. The topological polar surface area (TPSA) is 55.8 Å². The van der Waals surface area contributed by atoms with Crippen molar-refractivity contribution in [1.29, 1.82) is 0 Å². The molecule has 0 aromatic heterocycles. The summed E-state index contributed by atoms with van der Waals surface area (Å²) >= 11 is 6.21. The third-order valence-corrected chi connectivity index (χ3v) is 4.68. The van der Waals surface area contributed by atoms with Gasteiger partial charge in [-0.05, 0) is 56.1 Å². The van der Waals surface area contributed by atoms with Gasteiger partial charge in [-0.25, -0.2) is 9.59 Å². The Morgan fingerprint density at radius 3 is 2.04 bits per heavy atom. The Kier molecular flexibility index (Phi) is 6.53. The van der Waals surface area contributed by atoms with Crippen LogP contribution in [0.3, 0.4) is 0 Å². The highest BCUT2D eigenvalue weighted by molar-refractivity contribution is 9.11. The van der Waals surface area contributed by atoms with Crippen LogP contribution in [-0.4, -0.2) is 26.2 Å². The molecule has 2 rings (SSSR count).